The molecule has 0 fully saturated rings. The Morgan fingerprint density at radius 1 is 0.857 bits per heavy atom. The number of carbonyl (C=O) groups excluding carboxylic acids is 1. The van der Waals surface area contributed by atoms with Crippen LogP contribution in [0.15, 0.2) is 12.7 Å². The standard InChI is InChI=1S/C17H22ClN3O3S.C11H9ClN2O2S/c1-23-7-5-21(6-8-24-2)17(22)11-3-4-12-13(9-11)25-16-14(12)15(18)19-10-20-16;12-9-8-6-2-1-5(11(15)16)3-7(6)17-10(8)14-4-13-9/h10-11H,3-9H2,1-2H3;4-5H,1-3H2,(H,15,16). The number of halogens is 2. The van der Waals surface area contributed by atoms with Crippen molar-refractivity contribution in [3.63, 3.8) is 0 Å². The number of hydrogen-bond acceptors (Lipinski definition) is 10. The molecule has 0 spiro atoms. The maximum atomic E-state index is 13.0. The summed E-state index contributed by atoms with van der Waals surface area (Å²) in [5.74, 6) is -0.831. The van der Waals surface area contributed by atoms with E-state index in [0.717, 1.165) is 56.6 Å². The fourth-order valence-electron chi connectivity index (χ4n) is 5.56. The first-order valence-electron chi connectivity index (χ1n) is 13.6. The molecule has 0 saturated heterocycles. The predicted octanol–water partition coefficient (Wildman–Crippen LogP) is 5.11. The molecule has 2 aliphatic rings. The van der Waals surface area contributed by atoms with Crippen molar-refractivity contribution in [3.05, 3.63) is 43.8 Å². The molecule has 2 atom stereocenters. The minimum atomic E-state index is -0.717. The Morgan fingerprint density at radius 2 is 1.33 bits per heavy atom. The second-order valence-electron chi connectivity index (χ2n) is 10.2. The van der Waals surface area contributed by atoms with E-state index in [-0.39, 0.29) is 17.7 Å². The number of hydrogen-bond donors (Lipinski definition) is 1. The van der Waals surface area contributed by atoms with E-state index >= 15 is 0 Å². The highest BCUT2D eigenvalue weighted by atomic mass is 35.5. The summed E-state index contributed by atoms with van der Waals surface area (Å²) < 4.78 is 10.3. The van der Waals surface area contributed by atoms with Crippen molar-refractivity contribution in [1.82, 2.24) is 24.8 Å². The van der Waals surface area contributed by atoms with Crippen molar-refractivity contribution >= 4 is 78.2 Å². The van der Waals surface area contributed by atoms with Gasteiger partial charge in [0.05, 0.1) is 29.9 Å². The third-order valence-corrected chi connectivity index (χ3v) is 10.6. The lowest BCUT2D eigenvalue weighted by molar-refractivity contribution is -0.142. The molecule has 4 aromatic rings. The maximum absolute atomic E-state index is 13.0. The molecule has 4 aromatic heterocycles. The van der Waals surface area contributed by atoms with Crippen LogP contribution in [0.2, 0.25) is 10.3 Å². The number of aromatic nitrogens is 4. The van der Waals surface area contributed by atoms with Crippen molar-refractivity contribution in [2.45, 2.75) is 38.5 Å². The van der Waals surface area contributed by atoms with Crippen molar-refractivity contribution < 1.29 is 24.2 Å². The highest BCUT2D eigenvalue weighted by Crippen LogP contribution is 2.41. The SMILES string of the molecule is COCCN(CCOC)C(=O)C1CCc2c(sc3ncnc(Cl)c23)C1.O=C(O)C1CCc2c(sc3ncnc(Cl)c23)C1. The van der Waals surface area contributed by atoms with Crippen LogP contribution < -0.4 is 0 Å². The molecule has 0 aliphatic heterocycles. The summed E-state index contributed by atoms with van der Waals surface area (Å²) in [6.07, 6.45) is 7.33. The average molecular weight is 653 g/mol. The van der Waals surface area contributed by atoms with Crippen LogP contribution in [0, 0.1) is 11.8 Å². The molecular weight excluding hydrogens is 621 g/mol. The van der Waals surface area contributed by atoms with Gasteiger partial charge in [0.1, 0.15) is 32.6 Å². The molecule has 10 nitrogen and oxygen atoms in total. The lowest BCUT2D eigenvalue weighted by Gasteiger charge is -2.29. The number of rotatable bonds is 8. The minimum Gasteiger partial charge on any atom is -0.481 e. The van der Waals surface area contributed by atoms with E-state index < -0.39 is 5.97 Å². The molecule has 1 amide bonds. The monoisotopic (exact) mass is 651 g/mol. The normalized spacial score (nSPS) is 17.8. The third kappa shape index (κ3) is 6.53. The fourth-order valence-corrected chi connectivity index (χ4v) is 8.70. The molecule has 42 heavy (non-hydrogen) atoms. The smallest absolute Gasteiger partial charge is 0.306 e. The second kappa shape index (κ2) is 13.9. The molecule has 224 valence electrons. The molecule has 2 aliphatic carbocycles. The van der Waals surface area contributed by atoms with Crippen molar-refractivity contribution in [2.75, 3.05) is 40.5 Å². The number of fused-ring (bicyclic) bond motifs is 6. The number of carboxylic acids is 1. The Bertz CT molecular complexity index is 1590. The van der Waals surface area contributed by atoms with Gasteiger partial charge in [0.15, 0.2) is 0 Å². The maximum Gasteiger partial charge on any atom is 0.306 e. The Morgan fingerprint density at radius 3 is 1.81 bits per heavy atom. The van der Waals surface area contributed by atoms with Gasteiger partial charge in [0.2, 0.25) is 5.91 Å². The fraction of sp³-hybridized carbons (Fsp3) is 0.500. The van der Waals surface area contributed by atoms with E-state index in [1.165, 1.54) is 34.4 Å². The Balaban J connectivity index is 0.000000180. The summed E-state index contributed by atoms with van der Waals surface area (Å²) >= 11 is 15.5. The third-order valence-electron chi connectivity index (χ3n) is 7.74. The van der Waals surface area contributed by atoms with Gasteiger partial charge in [0, 0.05) is 43.0 Å². The molecule has 14 heteroatoms. The van der Waals surface area contributed by atoms with Crippen LogP contribution in [0.5, 0.6) is 0 Å². The molecule has 0 saturated carbocycles. The van der Waals surface area contributed by atoms with Gasteiger partial charge in [-0.2, -0.15) is 0 Å². The molecule has 6 rings (SSSR count). The van der Waals surface area contributed by atoms with Crippen LogP contribution in [0.3, 0.4) is 0 Å². The van der Waals surface area contributed by atoms with E-state index in [1.807, 2.05) is 4.90 Å². The van der Waals surface area contributed by atoms with E-state index in [0.29, 0.717) is 49.5 Å². The van der Waals surface area contributed by atoms with Gasteiger partial charge in [-0.05, 0) is 49.7 Å². The zero-order valence-corrected chi connectivity index (χ0v) is 26.4. The molecule has 0 bridgehead atoms. The average Bonchev–Trinajstić information content (AvgIpc) is 3.56. The van der Waals surface area contributed by atoms with Crippen molar-refractivity contribution in [1.29, 1.82) is 0 Å². The topological polar surface area (TPSA) is 128 Å². The number of carbonyl (C=O) groups is 2. The molecule has 1 N–H and O–H groups in total. The first-order chi connectivity index (χ1) is 20.3. The van der Waals surface area contributed by atoms with Crippen LogP contribution >= 0.6 is 45.9 Å². The van der Waals surface area contributed by atoms with Crippen LogP contribution in [-0.2, 0) is 44.7 Å². The number of aryl methyl sites for hydroxylation is 2. The Hall–Kier alpha value is -2.48. The lowest BCUT2D eigenvalue weighted by atomic mass is 9.87. The van der Waals surface area contributed by atoms with Crippen LogP contribution in [-0.4, -0.2) is 82.3 Å². The van der Waals surface area contributed by atoms with Crippen LogP contribution in [0.25, 0.3) is 20.4 Å². The quantitative estimate of drug-likeness (QED) is 0.259. The zero-order valence-electron chi connectivity index (χ0n) is 23.3. The molecule has 0 aromatic carbocycles. The van der Waals surface area contributed by atoms with Gasteiger partial charge < -0.3 is 19.5 Å². The van der Waals surface area contributed by atoms with Gasteiger partial charge in [-0.15, -0.1) is 22.7 Å². The summed E-state index contributed by atoms with van der Waals surface area (Å²) in [4.78, 5) is 46.5. The number of ether oxygens (including phenoxy) is 2. The van der Waals surface area contributed by atoms with E-state index in [2.05, 4.69) is 19.9 Å². The van der Waals surface area contributed by atoms with Gasteiger partial charge in [-0.3, -0.25) is 9.59 Å². The van der Waals surface area contributed by atoms with Gasteiger partial charge >= 0.3 is 5.97 Å². The predicted molar refractivity (Wildman–Crippen MR) is 164 cm³/mol. The summed E-state index contributed by atoms with van der Waals surface area (Å²) in [7, 11) is 3.29. The highest BCUT2D eigenvalue weighted by Gasteiger charge is 2.31. The van der Waals surface area contributed by atoms with E-state index in [4.69, 9.17) is 37.8 Å². The number of methoxy groups -OCH3 is 2. The number of carboxylic acid groups (broad SMARTS) is 1. The second-order valence-corrected chi connectivity index (χ2v) is 13.1. The van der Waals surface area contributed by atoms with Gasteiger partial charge in [-0.25, -0.2) is 19.9 Å². The summed E-state index contributed by atoms with van der Waals surface area (Å²) in [5, 5.41) is 11.9. The largest absolute Gasteiger partial charge is 0.481 e. The summed E-state index contributed by atoms with van der Waals surface area (Å²) in [6, 6.07) is 0. The number of nitrogens with zero attached hydrogens (tertiary/aromatic N) is 5. The van der Waals surface area contributed by atoms with Crippen LogP contribution in [0.1, 0.15) is 33.7 Å². The zero-order chi connectivity index (χ0) is 29.8. The molecule has 4 heterocycles. The Labute approximate surface area is 261 Å². The first kappa shape index (κ1) is 31.0. The van der Waals surface area contributed by atoms with E-state index in [9.17, 15) is 9.59 Å². The summed E-state index contributed by atoms with van der Waals surface area (Å²) in [5.41, 5.74) is 2.36. The molecular formula is C28H31Cl2N5O5S2. The van der Waals surface area contributed by atoms with E-state index in [1.54, 1.807) is 25.6 Å². The molecule has 2 unspecified atom stereocenters. The minimum absolute atomic E-state index is 0.0130. The van der Waals surface area contributed by atoms with Crippen molar-refractivity contribution in [3.8, 4) is 0 Å². The van der Waals surface area contributed by atoms with Gasteiger partial charge in [0.25, 0.3) is 0 Å². The Kier molecular flexibility index (Phi) is 10.2. The first-order valence-corrected chi connectivity index (χ1v) is 16.0. The van der Waals surface area contributed by atoms with Crippen molar-refractivity contribution in [2.24, 2.45) is 11.8 Å². The number of amides is 1. The van der Waals surface area contributed by atoms with Crippen LogP contribution in [0.4, 0.5) is 0 Å². The molecule has 0 radical (unpaired) electrons. The van der Waals surface area contributed by atoms with Gasteiger partial charge in [-0.1, -0.05) is 23.2 Å². The number of thiophene rings is 2. The summed E-state index contributed by atoms with van der Waals surface area (Å²) in [6.45, 7) is 2.24. The number of aliphatic carboxylic acids is 1. The lowest BCUT2D eigenvalue weighted by Crippen LogP contribution is -2.41. The highest BCUT2D eigenvalue weighted by molar-refractivity contribution is 7.19.